The van der Waals surface area contributed by atoms with Crippen LogP contribution in [0.5, 0.6) is 0 Å². The molecule has 0 N–H and O–H groups in total. The minimum absolute atomic E-state index is 0.351. The Bertz CT molecular complexity index is 167. The smallest absolute Gasteiger partial charge is 0.00912 e. The van der Waals surface area contributed by atoms with E-state index in [9.17, 15) is 0 Å². The van der Waals surface area contributed by atoms with Crippen LogP contribution >= 0.6 is 10.0 Å². The molecule has 0 aromatic rings. The van der Waals surface area contributed by atoms with Crippen molar-refractivity contribution in [1.29, 1.82) is 0 Å². The molecule has 0 heterocycles. The summed E-state index contributed by atoms with van der Waals surface area (Å²) in [6.07, 6.45) is 9.61. The maximum Gasteiger partial charge on any atom is -0.00912 e. The Morgan fingerprint density at radius 3 is 1.94 bits per heavy atom. The van der Waals surface area contributed by atoms with E-state index >= 15 is 0 Å². The molecule has 3 unspecified atom stereocenters. The van der Waals surface area contributed by atoms with Gasteiger partial charge in [-0.1, -0.05) is 53.9 Å². The van der Waals surface area contributed by atoms with Gasteiger partial charge < -0.3 is 0 Å². The Balaban J connectivity index is 4.48. The molecule has 0 nitrogen and oxygen atoms in total. The van der Waals surface area contributed by atoms with E-state index in [4.69, 9.17) is 0 Å². The van der Waals surface area contributed by atoms with Crippen molar-refractivity contribution in [2.24, 2.45) is 5.92 Å². The fourth-order valence-electron chi connectivity index (χ4n) is 2.82. The standard InChI is InChI=1S/C15H34S/c1-7-11-12-13-16(6,10-4)15(9-3)14(5)8-2/h14-15H,7-13H2,1-6H3. The highest BCUT2D eigenvalue weighted by atomic mass is 32.3. The minimum atomic E-state index is -0.351. The topological polar surface area (TPSA) is 0 Å². The number of hydrogen-bond acceptors (Lipinski definition) is 0. The van der Waals surface area contributed by atoms with Gasteiger partial charge >= 0.3 is 0 Å². The number of hydrogen-bond donors (Lipinski definition) is 0. The monoisotopic (exact) mass is 246 g/mol. The zero-order valence-corrected chi connectivity index (χ0v) is 13.3. The van der Waals surface area contributed by atoms with E-state index in [0.29, 0.717) is 0 Å². The van der Waals surface area contributed by atoms with Crippen molar-refractivity contribution in [2.75, 3.05) is 17.8 Å². The van der Waals surface area contributed by atoms with E-state index < -0.39 is 0 Å². The van der Waals surface area contributed by atoms with Crippen LogP contribution in [-0.4, -0.2) is 23.0 Å². The van der Waals surface area contributed by atoms with E-state index in [1.807, 2.05) is 0 Å². The van der Waals surface area contributed by atoms with E-state index in [-0.39, 0.29) is 10.0 Å². The van der Waals surface area contributed by atoms with Gasteiger partial charge in [-0.3, -0.25) is 0 Å². The van der Waals surface area contributed by atoms with Crippen LogP contribution in [0.15, 0.2) is 0 Å². The molecule has 100 valence electrons. The first-order valence-electron chi connectivity index (χ1n) is 7.28. The maximum atomic E-state index is 2.61. The van der Waals surface area contributed by atoms with Crippen LogP contribution in [-0.2, 0) is 0 Å². The lowest BCUT2D eigenvalue weighted by atomic mass is 10.0. The summed E-state index contributed by atoms with van der Waals surface area (Å²) in [4.78, 5) is 0. The molecule has 0 fully saturated rings. The predicted octanol–water partition coefficient (Wildman–Crippen LogP) is 5.46. The van der Waals surface area contributed by atoms with Crippen LogP contribution in [0.25, 0.3) is 0 Å². The quantitative estimate of drug-likeness (QED) is 0.474. The van der Waals surface area contributed by atoms with Crippen molar-refractivity contribution >= 4 is 10.0 Å². The van der Waals surface area contributed by atoms with Gasteiger partial charge in [-0.05, 0) is 41.8 Å². The fraction of sp³-hybridized carbons (Fsp3) is 1.00. The zero-order valence-electron chi connectivity index (χ0n) is 12.5. The third kappa shape index (κ3) is 4.69. The summed E-state index contributed by atoms with van der Waals surface area (Å²) in [6, 6.07) is 0. The van der Waals surface area contributed by atoms with Gasteiger partial charge in [0.25, 0.3) is 0 Å². The summed E-state index contributed by atoms with van der Waals surface area (Å²) in [7, 11) is -0.351. The molecule has 3 atom stereocenters. The molecule has 1 heteroatoms. The van der Waals surface area contributed by atoms with Gasteiger partial charge in [0.05, 0.1) is 0 Å². The summed E-state index contributed by atoms with van der Waals surface area (Å²) in [6.45, 7) is 12.0. The minimum Gasteiger partial charge on any atom is -0.241 e. The average Bonchev–Trinajstić information content (AvgIpc) is 2.30. The van der Waals surface area contributed by atoms with Crippen molar-refractivity contribution in [2.45, 2.75) is 72.0 Å². The molecule has 0 aromatic heterocycles. The van der Waals surface area contributed by atoms with E-state index in [2.05, 4.69) is 40.9 Å². The van der Waals surface area contributed by atoms with Gasteiger partial charge in [-0.2, -0.15) is 0 Å². The van der Waals surface area contributed by atoms with Crippen LogP contribution in [0.1, 0.15) is 66.7 Å². The highest BCUT2D eigenvalue weighted by molar-refractivity contribution is 8.33. The number of rotatable bonds is 9. The molecule has 0 spiro atoms. The first-order chi connectivity index (χ1) is 7.55. The molecule has 0 aliphatic rings. The fourth-order valence-corrected chi connectivity index (χ4v) is 6.82. The van der Waals surface area contributed by atoms with Crippen molar-refractivity contribution in [3.63, 3.8) is 0 Å². The lowest BCUT2D eigenvalue weighted by Gasteiger charge is -2.46. The maximum absolute atomic E-state index is 2.61. The molecule has 0 saturated heterocycles. The summed E-state index contributed by atoms with van der Waals surface area (Å²) >= 11 is 0. The first kappa shape index (κ1) is 16.4. The second kappa shape index (κ2) is 8.44. The lowest BCUT2D eigenvalue weighted by Crippen LogP contribution is -2.27. The molecule has 0 radical (unpaired) electrons. The van der Waals surface area contributed by atoms with E-state index in [1.165, 1.54) is 43.6 Å². The first-order valence-corrected chi connectivity index (χ1v) is 9.72. The van der Waals surface area contributed by atoms with Crippen molar-refractivity contribution in [1.82, 2.24) is 0 Å². The lowest BCUT2D eigenvalue weighted by molar-refractivity contribution is 0.518. The van der Waals surface area contributed by atoms with Crippen LogP contribution in [0, 0.1) is 5.92 Å². The normalized spacial score (nSPS) is 21.1. The molecule has 0 amide bonds. The predicted molar refractivity (Wildman–Crippen MR) is 82.0 cm³/mol. The Kier molecular flexibility index (Phi) is 8.63. The van der Waals surface area contributed by atoms with Gasteiger partial charge in [0.1, 0.15) is 0 Å². The summed E-state index contributed by atoms with van der Waals surface area (Å²) in [5, 5.41) is 0.999. The van der Waals surface area contributed by atoms with Crippen molar-refractivity contribution in [3.05, 3.63) is 0 Å². The molecule has 0 aromatic carbocycles. The van der Waals surface area contributed by atoms with Crippen LogP contribution in [0.4, 0.5) is 0 Å². The SMILES string of the molecule is CCCCCS(C)(CC)C(CC)C(C)CC. The molecule has 0 aliphatic heterocycles. The zero-order chi connectivity index (χ0) is 12.6. The average molecular weight is 247 g/mol. The summed E-state index contributed by atoms with van der Waals surface area (Å²) < 4.78 is 0. The summed E-state index contributed by atoms with van der Waals surface area (Å²) in [5.74, 6) is 3.87. The Hall–Kier alpha value is 0.350. The van der Waals surface area contributed by atoms with Gasteiger partial charge in [0.2, 0.25) is 0 Å². The molecular weight excluding hydrogens is 212 g/mol. The third-order valence-electron chi connectivity index (χ3n) is 4.29. The van der Waals surface area contributed by atoms with Crippen LogP contribution in [0.2, 0.25) is 0 Å². The third-order valence-corrected chi connectivity index (χ3v) is 9.09. The largest absolute Gasteiger partial charge is 0.241 e. The number of unbranched alkanes of at least 4 members (excludes halogenated alkanes) is 2. The van der Waals surface area contributed by atoms with Crippen molar-refractivity contribution in [3.8, 4) is 0 Å². The summed E-state index contributed by atoms with van der Waals surface area (Å²) in [5.41, 5.74) is 0. The Morgan fingerprint density at radius 2 is 1.56 bits per heavy atom. The molecule has 0 aliphatic carbocycles. The van der Waals surface area contributed by atoms with Crippen molar-refractivity contribution < 1.29 is 0 Å². The van der Waals surface area contributed by atoms with Gasteiger partial charge in [0.15, 0.2) is 0 Å². The van der Waals surface area contributed by atoms with Crippen LogP contribution < -0.4 is 0 Å². The van der Waals surface area contributed by atoms with Gasteiger partial charge in [-0.25, -0.2) is 10.0 Å². The molecule has 0 rings (SSSR count). The second-order valence-corrected chi connectivity index (χ2v) is 9.67. The molecule has 0 saturated carbocycles. The van der Waals surface area contributed by atoms with Gasteiger partial charge in [-0.15, -0.1) is 0 Å². The van der Waals surface area contributed by atoms with Crippen LogP contribution in [0.3, 0.4) is 0 Å². The Morgan fingerprint density at radius 1 is 0.938 bits per heavy atom. The molecule has 0 bridgehead atoms. The van der Waals surface area contributed by atoms with E-state index in [0.717, 1.165) is 11.2 Å². The Labute approximate surface area is 106 Å². The second-order valence-electron chi connectivity index (χ2n) is 5.38. The highest BCUT2D eigenvalue weighted by Gasteiger charge is 2.29. The molecule has 16 heavy (non-hydrogen) atoms. The highest BCUT2D eigenvalue weighted by Crippen LogP contribution is 2.53. The van der Waals surface area contributed by atoms with E-state index in [1.54, 1.807) is 0 Å². The van der Waals surface area contributed by atoms with Gasteiger partial charge in [0, 0.05) is 0 Å². The molecular formula is C15H34S.